The van der Waals surface area contributed by atoms with E-state index in [-0.39, 0.29) is 11.8 Å². The highest BCUT2D eigenvalue weighted by Crippen LogP contribution is 2.04. The van der Waals surface area contributed by atoms with Gasteiger partial charge in [-0.3, -0.25) is 14.5 Å². The summed E-state index contributed by atoms with van der Waals surface area (Å²) in [4.78, 5) is 23.9. The summed E-state index contributed by atoms with van der Waals surface area (Å²) in [6.45, 7) is 4.87. The summed E-state index contributed by atoms with van der Waals surface area (Å²) in [7, 11) is 0. The maximum atomic E-state index is 11.2. The van der Waals surface area contributed by atoms with Gasteiger partial charge in [-0.25, -0.2) is 0 Å². The molecule has 4 nitrogen and oxygen atoms in total. The smallest absolute Gasteiger partial charge is 0.302 e. The molecule has 4 heteroatoms. The average Bonchev–Trinajstić information content (AvgIpc) is 2.28. The molecule has 0 saturated heterocycles. The fourth-order valence-corrected chi connectivity index (χ4v) is 1.69. The van der Waals surface area contributed by atoms with E-state index in [1.807, 2.05) is 35.2 Å². The van der Waals surface area contributed by atoms with Gasteiger partial charge < -0.3 is 4.74 Å². The summed E-state index contributed by atoms with van der Waals surface area (Å²) in [6, 6.07) is 9.91. The lowest BCUT2D eigenvalue weighted by atomic mass is 10.2. The van der Waals surface area contributed by atoms with E-state index in [2.05, 4.69) is 0 Å². The highest BCUT2D eigenvalue weighted by molar-refractivity contribution is 5.77. The van der Waals surface area contributed by atoms with Crippen LogP contribution < -0.4 is 0 Å². The number of Topliss-reactive ketones (excluding diaryl/α,β-unsaturated/α-hetero) is 1. The van der Waals surface area contributed by atoms with Gasteiger partial charge in [-0.05, 0) is 12.5 Å². The van der Waals surface area contributed by atoms with E-state index in [1.54, 1.807) is 6.92 Å². The topological polar surface area (TPSA) is 46.6 Å². The molecule has 0 saturated carbocycles. The van der Waals surface area contributed by atoms with Crippen molar-refractivity contribution in [3.8, 4) is 0 Å². The zero-order valence-electron chi connectivity index (χ0n) is 10.9. The van der Waals surface area contributed by atoms with Crippen molar-refractivity contribution in [3.63, 3.8) is 0 Å². The van der Waals surface area contributed by atoms with Crippen molar-refractivity contribution in [1.29, 1.82) is 0 Å². The number of benzene rings is 1. The number of nitrogens with zero attached hydrogens (tertiary/aromatic N) is 1. The van der Waals surface area contributed by atoms with E-state index in [9.17, 15) is 9.59 Å². The summed E-state index contributed by atoms with van der Waals surface area (Å²) < 4.78 is 4.90. The van der Waals surface area contributed by atoms with Crippen LogP contribution in [0.1, 0.15) is 19.4 Å². The van der Waals surface area contributed by atoms with E-state index >= 15 is 0 Å². The van der Waals surface area contributed by atoms with Gasteiger partial charge in [0.2, 0.25) is 0 Å². The summed E-state index contributed by atoms with van der Waals surface area (Å²) >= 11 is 0. The fourth-order valence-electron chi connectivity index (χ4n) is 1.69. The molecule has 0 bridgehead atoms. The minimum atomic E-state index is -0.294. The number of ketones is 1. The Labute approximate surface area is 108 Å². The quantitative estimate of drug-likeness (QED) is 0.689. The van der Waals surface area contributed by atoms with Crippen LogP contribution in [0.15, 0.2) is 30.3 Å². The Morgan fingerprint density at radius 1 is 1.17 bits per heavy atom. The molecule has 0 amide bonds. The second kappa shape index (κ2) is 7.61. The highest BCUT2D eigenvalue weighted by atomic mass is 16.5. The van der Waals surface area contributed by atoms with E-state index in [4.69, 9.17) is 4.74 Å². The molecule has 0 unspecified atom stereocenters. The number of rotatable bonds is 7. The number of carbonyl (C=O) groups is 2. The number of ether oxygens (including phenoxy) is 1. The Bertz CT molecular complexity index is 389. The molecule has 1 rings (SSSR count). The first-order valence-electron chi connectivity index (χ1n) is 5.97. The lowest BCUT2D eigenvalue weighted by Crippen LogP contribution is -2.32. The zero-order valence-corrected chi connectivity index (χ0v) is 10.9. The first kappa shape index (κ1) is 14.4. The average molecular weight is 249 g/mol. The van der Waals surface area contributed by atoms with Gasteiger partial charge in [0.05, 0.1) is 6.54 Å². The SMILES string of the molecule is CC(=O)CN(CCOC(C)=O)Cc1ccccc1. The molecule has 0 aromatic heterocycles. The molecule has 0 heterocycles. The van der Waals surface area contributed by atoms with Gasteiger partial charge in [-0.15, -0.1) is 0 Å². The molecule has 18 heavy (non-hydrogen) atoms. The monoisotopic (exact) mass is 249 g/mol. The molecular formula is C14H19NO3. The molecule has 0 fully saturated rings. The molecule has 0 atom stereocenters. The first-order chi connectivity index (χ1) is 8.58. The summed E-state index contributed by atoms with van der Waals surface area (Å²) in [6.07, 6.45) is 0. The summed E-state index contributed by atoms with van der Waals surface area (Å²) in [5, 5.41) is 0. The molecule has 0 aliphatic heterocycles. The maximum Gasteiger partial charge on any atom is 0.302 e. The Morgan fingerprint density at radius 3 is 2.39 bits per heavy atom. The normalized spacial score (nSPS) is 10.4. The van der Waals surface area contributed by atoms with Crippen molar-refractivity contribution >= 4 is 11.8 Å². The first-order valence-corrected chi connectivity index (χ1v) is 5.97. The number of hydrogen-bond acceptors (Lipinski definition) is 4. The van der Waals surface area contributed by atoms with E-state index in [1.165, 1.54) is 6.92 Å². The minimum Gasteiger partial charge on any atom is -0.465 e. The van der Waals surface area contributed by atoms with Gasteiger partial charge in [0, 0.05) is 20.0 Å². The lowest BCUT2D eigenvalue weighted by Gasteiger charge is -2.20. The van der Waals surface area contributed by atoms with E-state index in [0.29, 0.717) is 26.2 Å². The molecule has 0 radical (unpaired) electrons. The van der Waals surface area contributed by atoms with Crippen LogP contribution in [0.3, 0.4) is 0 Å². The zero-order chi connectivity index (χ0) is 13.4. The fraction of sp³-hybridized carbons (Fsp3) is 0.429. The third-order valence-corrected chi connectivity index (χ3v) is 2.41. The molecule has 0 spiro atoms. The van der Waals surface area contributed by atoms with Crippen LogP contribution in [0, 0.1) is 0 Å². The van der Waals surface area contributed by atoms with Crippen LogP contribution in [0.2, 0.25) is 0 Å². The van der Waals surface area contributed by atoms with Crippen molar-refractivity contribution in [1.82, 2.24) is 4.90 Å². The predicted molar refractivity (Wildman–Crippen MR) is 69.0 cm³/mol. The number of hydrogen-bond donors (Lipinski definition) is 0. The minimum absolute atomic E-state index is 0.105. The summed E-state index contributed by atoms with van der Waals surface area (Å²) in [5.74, 6) is -0.189. The molecule has 0 aliphatic carbocycles. The molecule has 0 aliphatic rings. The van der Waals surface area contributed by atoms with Crippen LogP contribution in [0.5, 0.6) is 0 Å². The number of carbonyl (C=O) groups excluding carboxylic acids is 2. The van der Waals surface area contributed by atoms with Crippen molar-refractivity contribution < 1.29 is 14.3 Å². The van der Waals surface area contributed by atoms with Crippen LogP contribution in [-0.2, 0) is 20.9 Å². The van der Waals surface area contributed by atoms with Crippen molar-refractivity contribution in [2.75, 3.05) is 19.7 Å². The predicted octanol–water partition coefficient (Wildman–Crippen LogP) is 1.64. The van der Waals surface area contributed by atoms with Gasteiger partial charge >= 0.3 is 5.97 Å². The Balaban J connectivity index is 2.50. The van der Waals surface area contributed by atoms with Crippen molar-refractivity contribution in [2.24, 2.45) is 0 Å². The molecule has 98 valence electrons. The Hall–Kier alpha value is -1.68. The van der Waals surface area contributed by atoms with Crippen molar-refractivity contribution in [3.05, 3.63) is 35.9 Å². The second-order valence-electron chi connectivity index (χ2n) is 4.24. The van der Waals surface area contributed by atoms with E-state index < -0.39 is 0 Å². The third kappa shape index (κ3) is 6.15. The van der Waals surface area contributed by atoms with Gasteiger partial charge in [0.25, 0.3) is 0 Å². The molecular weight excluding hydrogens is 230 g/mol. The largest absolute Gasteiger partial charge is 0.465 e. The highest BCUT2D eigenvalue weighted by Gasteiger charge is 2.09. The van der Waals surface area contributed by atoms with Gasteiger partial charge in [0.15, 0.2) is 0 Å². The standard InChI is InChI=1S/C14H19NO3/c1-12(16)10-15(8-9-18-13(2)17)11-14-6-4-3-5-7-14/h3-7H,8-11H2,1-2H3. The third-order valence-electron chi connectivity index (χ3n) is 2.41. The van der Waals surface area contributed by atoms with Crippen molar-refractivity contribution in [2.45, 2.75) is 20.4 Å². The molecule has 1 aromatic carbocycles. The number of esters is 1. The van der Waals surface area contributed by atoms with Gasteiger partial charge in [-0.1, -0.05) is 30.3 Å². The van der Waals surface area contributed by atoms with Crippen LogP contribution in [-0.4, -0.2) is 36.3 Å². The van der Waals surface area contributed by atoms with Crippen LogP contribution in [0.4, 0.5) is 0 Å². The molecule has 0 N–H and O–H groups in total. The van der Waals surface area contributed by atoms with Crippen LogP contribution >= 0.6 is 0 Å². The van der Waals surface area contributed by atoms with Crippen LogP contribution in [0.25, 0.3) is 0 Å². The summed E-state index contributed by atoms with van der Waals surface area (Å²) in [5.41, 5.74) is 1.14. The van der Waals surface area contributed by atoms with E-state index in [0.717, 1.165) is 5.56 Å². The van der Waals surface area contributed by atoms with Gasteiger partial charge in [-0.2, -0.15) is 0 Å². The molecule has 1 aromatic rings. The maximum absolute atomic E-state index is 11.2. The Morgan fingerprint density at radius 2 is 1.83 bits per heavy atom. The lowest BCUT2D eigenvalue weighted by molar-refractivity contribution is -0.141. The van der Waals surface area contributed by atoms with Gasteiger partial charge in [0.1, 0.15) is 12.4 Å². The second-order valence-corrected chi connectivity index (χ2v) is 4.24. The Kier molecular flexibility index (Phi) is 6.08.